The fourth-order valence-corrected chi connectivity index (χ4v) is 2.90. The Morgan fingerprint density at radius 1 is 1.29 bits per heavy atom. The van der Waals surface area contributed by atoms with E-state index in [1.54, 1.807) is 0 Å². The van der Waals surface area contributed by atoms with Gasteiger partial charge in [-0.3, -0.25) is 14.5 Å². The summed E-state index contributed by atoms with van der Waals surface area (Å²) in [5, 5.41) is 8.30. The molecule has 0 spiro atoms. The quantitative estimate of drug-likeness (QED) is 0.828. The van der Waals surface area contributed by atoms with Crippen molar-refractivity contribution >= 4 is 23.6 Å². The number of hydrogen-bond donors (Lipinski definition) is 1. The van der Waals surface area contributed by atoms with Gasteiger partial charge in [-0.15, -0.1) is 0 Å². The normalized spacial score (nSPS) is 20.4. The molecule has 126 valence electrons. The molecule has 4 amide bonds. The molecule has 0 aliphatic carbocycles. The Hall–Kier alpha value is -2.70. The maximum atomic E-state index is 12.4. The van der Waals surface area contributed by atoms with Gasteiger partial charge in [-0.25, -0.2) is 9.80 Å². The van der Waals surface area contributed by atoms with Crippen LogP contribution in [0.2, 0.25) is 0 Å². The minimum atomic E-state index is -0.516. The van der Waals surface area contributed by atoms with E-state index in [2.05, 4.69) is 10.4 Å². The van der Waals surface area contributed by atoms with Crippen LogP contribution in [0.15, 0.2) is 35.4 Å². The van der Waals surface area contributed by atoms with E-state index in [0.29, 0.717) is 19.4 Å². The van der Waals surface area contributed by atoms with Crippen LogP contribution in [0.1, 0.15) is 31.7 Å². The molecule has 2 aliphatic heterocycles. The van der Waals surface area contributed by atoms with Gasteiger partial charge in [-0.05, 0) is 12.0 Å². The van der Waals surface area contributed by atoms with Crippen molar-refractivity contribution in [3.05, 3.63) is 35.9 Å². The zero-order valence-electron chi connectivity index (χ0n) is 13.6. The second kappa shape index (κ2) is 6.82. The van der Waals surface area contributed by atoms with Crippen LogP contribution in [0.5, 0.6) is 0 Å². The molecule has 1 aromatic carbocycles. The number of carbonyl (C=O) groups is 3. The molecule has 1 N–H and O–H groups in total. The third kappa shape index (κ3) is 3.15. The monoisotopic (exact) mass is 328 g/mol. The molecule has 7 nitrogen and oxygen atoms in total. The zero-order valence-corrected chi connectivity index (χ0v) is 13.6. The molecule has 0 saturated carbocycles. The first-order valence-corrected chi connectivity index (χ1v) is 8.15. The molecule has 3 rings (SSSR count). The smallest absolute Gasteiger partial charge is 0.325 e. The summed E-state index contributed by atoms with van der Waals surface area (Å²) in [5.41, 5.74) is 1.82. The number of benzene rings is 1. The number of nitrogens with zero attached hydrogens (tertiary/aromatic N) is 3. The predicted octanol–water partition coefficient (Wildman–Crippen LogP) is 1.34. The average molecular weight is 328 g/mol. The SMILES string of the molecule is CCC[C@H]1NC(=O)N(CC(=O)N2CCC(c3ccccc3)=N2)C1=O. The van der Waals surface area contributed by atoms with Gasteiger partial charge in [0.25, 0.3) is 11.8 Å². The first kappa shape index (κ1) is 16.2. The minimum absolute atomic E-state index is 0.267. The van der Waals surface area contributed by atoms with Crippen molar-refractivity contribution in [2.24, 2.45) is 5.10 Å². The Labute approximate surface area is 140 Å². The summed E-state index contributed by atoms with van der Waals surface area (Å²) in [6.07, 6.45) is 2.03. The lowest BCUT2D eigenvalue weighted by Gasteiger charge is -2.16. The summed E-state index contributed by atoms with van der Waals surface area (Å²) in [7, 11) is 0. The van der Waals surface area contributed by atoms with Crippen LogP contribution in [-0.2, 0) is 9.59 Å². The van der Waals surface area contributed by atoms with Crippen LogP contribution >= 0.6 is 0 Å². The van der Waals surface area contributed by atoms with Crippen LogP contribution < -0.4 is 5.32 Å². The molecule has 1 fully saturated rings. The Balaban J connectivity index is 1.65. The molecule has 2 aliphatic rings. The summed E-state index contributed by atoms with van der Waals surface area (Å²) in [6, 6.07) is 8.63. The highest BCUT2D eigenvalue weighted by Crippen LogP contribution is 2.16. The van der Waals surface area contributed by atoms with Crippen LogP contribution in [0.3, 0.4) is 0 Å². The maximum Gasteiger partial charge on any atom is 0.325 e. The Bertz CT molecular complexity index is 686. The molecule has 1 atom stereocenters. The summed E-state index contributed by atoms with van der Waals surface area (Å²) in [6.45, 7) is 2.14. The van der Waals surface area contributed by atoms with E-state index in [4.69, 9.17) is 0 Å². The van der Waals surface area contributed by atoms with Gasteiger partial charge in [-0.2, -0.15) is 5.10 Å². The fraction of sp³-hybridized carbons (Fsp3) is 0.412. The highest BCUT2D eigenvalue weighted by Gasteiger charge is 2.39. The molecule has 0 bridgehead atoms. The topological polar surface area (TPSA) is 82.1 Å². The van der Waals surface area contributed by atoms with Gasteiger partial charge >= 0.3 is 6.03 Å². The summed E-state index contributed by atoms with van der Waals surface area (Å²) < 4.78 is 0. The number of hydrazone groups is 1. The van der Waals surface area contributed by atoms with E-state index in [1.165, 1.54) is 5.01 Å². The van der Waals surface area contributed by atoms with Crippen LogP contribution in [0.4, 0.5) is 4.79 Å². The summed E-state index contributed by atoms with van der Waals surface area (Å²) in [5.74, 6) is -0.678. The molecule has 0 unspecified atom stereocenters. The molecular weight excluding hydrogens is 308 g/mol. The van der Waals surface area contributed by atoms with Gasteiger partial charge in [0, 0.05) is 6.42 Å². The van der Waals surface area contributed by atoms with E-state index in [-0.39, 0.29) is 18.4 Å². The first-order valence-electron chi connectivity index (χ1n) is 8.15. The Kier molecular flexibility index (Phi) is 4.59. The third-order valence-electron chi connectivity index (χ3n) is 4.17. The molecule has 2 heterocycles. The highest BCUT2D eigenvalue weighted by atomic mass is 16.2. The van der Waals surface area contributed by atoms with Gasteiger partial charge in [0.05, 0.1) is 12.3 Å². The van der Waals surface area contributed by atoms with Gasteiger partial charge in [0.2, 0.25) is 0 Å². The van der Waals surface area contributed by atoms with Crippen molar-refractivity contribution in [1.82, 2.24) is 15.2 Å². The molecule has 7 heteroatoms. The van der Waals surface area contributed by atoms with Gasteiger partial charge < -0.3 is 5.32 Å². The molecule has 24 heavy (non-hydrogen) atoms. The molecule has 0 aromatic heterocycles. The number of rotatable bonds is 5. The lowest BCUT2D eigenvalue weighted by atomic mass is 10.1. The Morgan fingerprint density at radius 2 is 2.04 bits per heavy atom. The van der Waals surface area contributed by atoms with Crippen molar-refractivity contribution in [1.29, 1.82) is 0 Å². The maximum absolute atomic E-state index is 12.4. The molecular formula is C17H20N4O3. The lowest BCUT2D eigenvalue weighted by Crippen LogP contribution is -2.41. The average Bonchev–Trinajstić information content (AvgIpc) is 3.17. The van der Waals surface area contributed by atoms with E-state index in [0.717, 1.165) is 22.6 Å². The number of carbonyl (C=O) groups excluding carboxylic acids is 3. The summed E-state index contributed by atoms with van der Waals surface area (Å²) in [4.78, 5) is 37.4. The van der Waals surface area contributed by atoms with E-state index in [1.807, 2.05) is 37.3 Å². The largest absolute Gasteiger partial charge is 0.326 e. The zero-order chi connectivity index (χ0) is 17.1. The summed E-state index contributed by atoms with van der Waals surface area (Å²) >= 11 is 0. The Morgan fingerprint density at radius 3 is 2.75 bits per heavy atom. The lowest BCUT2D eigenvalue weighted by molar-refractivity contribution is -0.137. The number of hydrogen-bond acceptors (Lipinski definition) is 4. The van der Waals surface area contributed by atoms with Gasteiger partial charge in [-0.1, -0.05) is 43.7 Å². The first-order chi connectivity index (χ1) is 11.6. The van der Waals surface area contributed by atoms with Crippen LogP contribution in [0, 0.1) is 0 Å². The predicted molar refractivity (Wildman–Crippen MR) is 88.2 cm³/mol. The van der Waals surface area contributed by atoms with Crippen molar-refractivity contribution in [2.75, 3.05) is 13.1 Å². The minimum Gasteiger partial charge on any atom is -0.326 e. The standard InChI is InChI=1S/C17H20N4O3/c1-2-6-14-16(23)20(17(24)18-14)11-15(22)21-10-9-13(19-21)12-7-4-3-5-8-12/h3-5,7-8,14H,2,6,9-11H2,1H3,(H,18,24)/t14-/m1/s1. The van der Waals surface area contributed by atoms with Crippen molar-refractivity contribution in [3.63, 3.8) is 0 Å². The highest BCUT2D eigenvalue weighted by molar-refractivity contribution is 6.07. The van der Waals surface area contributed by atoms with Crippen molar-refractivity contribution < 1.29 is 14.4 Å². The molecule has 0 radical (unpaired) electrons. The van der Waals surface area contributed by atoms with Gasteiger partial charge in [0.15, 0.2) is 0 Å². The van der Waals surface area contributed by atoms with Crippen LogP contribution in [0.25, 0.3) is 0 Å². The fourth-order valence-electron chi connectivity index (χ4n) is 2.90. The van der Waals surface area contributed by atoms with E-state index >= 15 is 0 Å². The second-order valence-electron chi connectivity index (χ2n) is 5.89. The second-order valence-corrected chi connectivity index (χ2v) is 5.89. The number of amides is 4. The van der Waals surface area contributed by atoms with E-state index in [9.17, 15) is 14.4 Å². The van der Waals surface area contributed by atoms with Crippen LogP contribution in [-0.4, -0.2) is 52.6 Å². The molecule has 1 saturated heterocycles. The van der Waals surface area contributed by atoms with E-state index < -0.39 is 12.1 Å². The number of nitrogens with one attached hydrogen (secondary N) is 1. The molecule has 1 aromatic rings. The third-order valence-corrected chi connectivity index (χ3v) is 4.17. The number of urea groups is 1. The number of imide groups is 1. The van der Waals surface area contributed by atoms with Gasteiger partial charge in [0.1, 0.15) is 12.6 Å². The van der Waals surface area contributed by atoms with Crippen molar-refractivity contribution in [2.45, 2.75) is 32.2 Å². The van der Waals surface area contributed by atoms with Crippen molar-refractivity contribution in [3.8, 4) is 0 Å².